The van der Waals surface area contributed by atoms with E-state index >= 15 is 0 Å². The molecule has 3 rings (SSSR count). The van der Waals surface area contributed by atoms with Crippen LogP contribution in [0, 0.1) is 19.7 Å². The van der Waals surface area contributed by atoms with E-state index in [4.69, 9.17) is 0 Å². The molecule has 0 atom stereocenters. The average molecular weight is 283 g/mol. The molecule has 4 heteroatoms. The summed E-state index contributed by atoms with van der Waals surface area (Å²) in [4.78, 5) is 0. The molecule has 0 aliphatic carbocycles. The predicted molar refractivity (Wildman–Crippen MR) is 83.5 cm³/mol. The van der Waals surface area contributed by atoms with E-state index < -0.39 is 0 Å². The van der Waals surface area contributed by atoms with Crippen LogP contribution in [0.1, 0.15) is 11.1 Å². The molecule has 108 valence electrons. The van der Waals surface area contributed by atoms with Gasteiger partial charge in [-0.3, -0.25) is 0 Å². The summed E-state index contributed by atoms with van der Waals surface area (Å²) in [7, 11) is 0. The summed E-state index contributed by atoms with van der Waals surface area (Å²) >= 11 is 0. The molecule has 0 radical (unpaired) electrons. The van der Waals surface area contributed by atoms with Crippen molar-refractivity contribution in [1.82, 2.24) is 15.9 Å². The predicted octanol–water partition coefficient (Wildman–Crippen LogP) is 4.46. The molecular weight excluding hydrogens is 265 g/mol. The summed E-state index contributed by atoms with van der Waals surface area (Å²) in [5.41, 5.74) is 4.92. The minimum Gasteiger partial charge on any atom is -0.344 e. The van der Waals surface area contributed by atoms with Crippen molar-refractivity contribution < 1.29 is 4.39 Å². The molecule has 21 heavy (non-hydrogen) atoms. The van der Waals surface area contributed by atoms with Crippen molar-refractivity contribution in [2.45, 2.75) is 13.8 Å². The molecule has 0 fully saturated rings. The molecule has 2 aromatic carbocycles. The zero-order valence-electron chi connectivity index (χ0n) is 12.2. The van der Waals surface area contributed by atoms with Crippen LogP contribution in [0.5, 0.6) is 0 Å². The van der Waals surface area contributed by atoms with Gasteiger partial charge >= 0.3 is 0 Å². The fourth-order valence-electron chi connectivity index (χ4n) is 2.34. The zero-order valence-corrected chi connectivity index (χ0v) is 12.2. The molecule has 3 N–H and O–H groups in total. The van der Waals surface area contributed by atoms with Crippen molar-refractivity contribution in [3.05, 3.63) is 71.7 Å². The second kappa shape index (κ2) is 5.89. The van der Waals surface area contributed by atoms with Gasteiger partial charge in [-0.05, 0) is 55.3 Å². The second-order valence-electron chi connectivity index (χ2n) is 4.89. The van der Waals surface area contributed by atoms with Gasteiger partial charge in [-0.1, -0.05) is 18.2 Å². The minimum atomic E-state index is -0.218. The van der Waals surface area contributed by atoms with Crippen molar-refractivity contribution in [2.75, 3.05) is 0 Å². The maximum atomic E-state index is 13.2. The Morgan fingerprint density at radius 2 is 1.71 bits per heavy atom. The fraction of sp³-hybridized carbons (Fsp3) is 0.118. The first kappa shape index (κ1) is 14.9. The largest absolute Gasteiger partial charge is 0.344 e. The molecule has 0 aliphatic rings. The molecule has 1 heterocycles. The Labute approximate surface area is 123 Å². The van der Waals surface area contributed by atoms with Crippen molar-refractivity contribution in [3.63, 3.8) is 0 Å². The van der Waals surface area contributed by atoms with E-state index in [0.717, 1.165) is 28.1 Å². The maximum absolute atomic E-state index is 13.2. The van der Waals surface area contributed by atoms with Gasteiger partial charge in [-0.25, -0.2) is 9.07 Å². The maximum Gasteiger partial charge on any atom is 0.123 e. The van der Waals surface area contributed by atoms with Crippen molar-refractivity contribution >= 4 is 0 Å². The number of benzene rings is 2. The highest BCUT2D eigenvalue weighted by atomic mass is 19.1. The van der Waals surface area contributed by atoms with Crippen LogP contribution >= 0.6 is 0 Å². The van der Waals surface area contributed by atoms with Gasteiger partial charge in [0.1, 0.15) is 5.82 Å². The van der Waals surface area contributed by atoms with E-state index in [-0.39, 0.29) is 12.0 Å². The molecule has 3 nitrogen and oxygen atoms in total. The summed E-state index contributed by atoms with van der Waals surface area (Å²) < 4.78 is 15.0. The van der Waals surface area contributed by atoms with Gasteiger partial charge in [-0.15, -0.1) is 0 Å². The summed E-state index contributed by atoms with van der Waals surface area (Å²) in [5.74, 6) is -0.218. The first-order valence-electron chi connectivity index (χ1n) is 6.53. The number of rotatable bonds is 2. The third kappa shape index (κ3) is 2.85. The van der Waals surface area contributed by atoms with Crippen LogP contribution in [0.25, 0.3) is 16.9 Å². The standard InChI is InChI=1S/C17H15FN2.H3N/c1-12-5-3-4-6-17(12)20-10-9-16(19-20)15-8-7-14(18)11-13(15)2;/h3-11H,1-2H3;1H3. The van der Waals surface area contributed by atoms with Crippen LogP contribution in [-0.2, 0) is 0 Å². The molecule has 0 saturated carbocycles. The molecule has 0 unspecified atom stereocenters. The van der Waals surface area contributed by atoms with Crippen LogP contribution in [0.2, 0.25) is 0 Å². The molecule has 0 bridgehead atoms. The number of halogens is 1. The lowest BCUT2D eigenvalue weighted by molar-refractivity contribution is 0.627. The lowest BCUT2D eigenvalue weighted by Crippen LogP contribution is -1.97. The molecule has 3 aromatic rings. The fourth-order valence-corrected chi connectivity index (χ4v) is 2.34. The van der Waals surface area contributed by atoms with Gasteiger partial charge in [0.05, 0.1) is 11.4 Å². The minimum absolute atomic E-state index is 0. The zero-order chi connectivity index (χ0) is 14.1. The SMILES string of the molecule is Cc1cc(F)ccc1-c1ccn(-c2ccccc2C)n1.N. The summed E-state index contributed by atoms with van der Waals surface area (Å²) in [5, 5.41) is 4.60. The van der Waals surface area contributed by atoms with Crippen LogP contribution in [0.15, 0.2) is 54.7 Å². The Balaban J connectivity index is 0.00000161. The Hall–Kier alpha value is -2.46. The molecule has 0 aliphatic heterocycles. The Morgan fingerprint density at radius 1 is 0.952 bits per heavy atom. The quantitative estimate of drug-likeness (QED) is 0.755. The number of hydrogen-bond acceptors (Lipinski definition) is 2. The Kier molecular flexibility index (Phi) is 4.19. The summed E-state index contributed by atoms with van der Waals surface area (Å²) in [6.07, 6.45) is 1.93. The number of hydrogen-bond donors (Lipinski definition) is 1. The first-order valence-corrected chi connectivity index (χ1v) is 6.53. The number of para-hydroxylation sites is 1. The van der Waals surface area contributed by atoms with E-state index in [1.165, 1.54) is 12.1 Å². The normalized spacial score (nSPS) is 10.2. The van der Waals surface area contributed by atoms with Gasteiger partial charge in [0.2, 0.25) is 0 Å². The van der Waals surface area contributed by atoms with Gasteiger partial charge in [0.15, 0.2) is 0 Å². The molecule has 0 amide bonds. The third-order valence-corrected chi connectivity index (χ3v) is 3.42. The van der Waals surface area contributed by atoms with E-state index in [1.54, 1.807) is 6.07 Å². The topological polar surface area (TPSA) is 52.8 Å². The lowest BCUT2D eigenvalue weighted by Gasteiger charge is -2.05. The number of aryl methyl sites for hydroxylation is 2. The smallest absolute Gasteiger partial charge is 0.123 e. The van der Waals surface area contributed by atoms with Crippen molar-refractivity contribution in [2.24, 2.45) is 0 Å². The number of aromatic nitrogens is 2. The van der Waals surface area contributed by atoms with Crippen LogP contribution in [0.3, 0.4) is 0 Å². The van der Waals surface area contributed by atoms with Crippen LogP contribution in [-0.4, -0.2) is 9.78 Å². The van der Waals surface area contributed by atoms with E-state index in [0.29, 0.717) is 0 Å². The average Bonchev–Trinajstić information content (AvgIpc) is 2.88. The second-order valence-corrected chi connectivity index (χ2v) is 4.89. The van der Waals surface area contributed by atoms with Crippen molar-refractivity contribution in [1.29, 1.82) is 0 Å². The molecule has 0 spiro atoms. The van der Waals surface area contributed by atoms with E-state index in [1.807, 2.05) is 42.1 Å². The third-order valence-electron chi connectivity index (χ3n) is 3.42. The van der Waals surface area contributed by atoms with Crippen LogP contribution in [0.4, 0.5) is 4.39 Å². The summed E-state index contributed by atoms with van der Waals surface area (Å²) in [6.45, 7) is 3.95. The highest BCUT2D eigenvalue weighted by Crippen LogP contribution is 2.23. The number of nitrogens with zero attached hydrogens (tertiary/aromatic N) is 2. The van der Waals surface area contributed by atoms with Crippen molar-refractivity contribution in [3.8, 4) is 16.9 Å². The highest BCUT2D eigenvalue weighted by molar-refractivity contribution is 5.63. The van der Waals surface area contributed by atoms with E-state index in [2.05, 4.69) is 18.1 Å². The van der Waals surface area contributed by atoms with Gasteiger partial charge in [-0.2, -0.15) is 5.10 Å². The summed E-state index contributed by atoms with van der Waals surface area (Å²) in [6, 6.07) is 14.8. The van der Waals surface area contributed by atoms with Gasteiger partial charge in [0, 0.05) is 11.8 Å². The molecule has 0 saturated heterocycles. The highest BCUT2D eigenvalue weighted by Gasteiger charge is 2.08. The first-order chi connectivity index (χ1) is 9.65. The van der Waals surface area contributed by atoms with Crippen LogP contribution < -0.4 is 6.15 Å². The monoisotopic (exact) mass is 283 g/mol. The Bertz CT molecular complexity index is 762. The lowest BCUT2D eigenvalue weighted by atomic mass is 10.1. The molecule has 1 aromatic heterocycles. The van der Waals surface area contributed by atoms with Gasteiger partial charge in [0.25, 0.3) is 0 Å². The van der Waals surface area contributed by atoms with Gasteiger partial charge < -0.3 is 6.15 Å². The molecular formula is C17H18FN3. The van der Waals surface area contributed by atoms with E-state index in [9.17, 15) is 4.39 Å². The Morgan fingerprint density at radius 3 is 2.43 bits per heavy atom.